The van der Waals surface area contributed by atoms with E-state index in [0.717, 1.165) is 12.5 Å². The molecule has 1 unspecified atom stereocenters. The molecule has 0 spiro atoms. The highest BCUT2D eigenvalue weighted by atomic mass is 35.5. The highest BCUT2D eigenvalue weighted by Gasteiger charge is 2.36. The second-order valence-electron chi connectivity index (χ2n) is 5.63. The van der Waals surface area contributed by atoms with Crippen molar-refractivity contribution in [2.45, 2.75) is 13.3 Å². The summed E-state index contributed by atoms with van der Waals surface area (Å²) in [6.45, 7) is 3.27. The number of halogens is 2. The highest BCUT2D eigenvalue weighted by molar-refractivity contribution is 6.01. The van der Waals surface area contributed by atoms with Crippen LogP contribution in [0.15, 0.2) is 12.1 Å². The minimum atomic E-state index is -0.861. The van der Waals surface area contributed by atoms with E-state index in [1.165, 1.54) is 4.90 Å². The monoisotopic (exact) mass is 332 g/mol. The molecule has 1 heterocycles. The van der Waals surface area contributed by atoms with Gasteiger partial charge in [0, 0.05) is 13.1 Å². The topological polar surface area (TPSA) is 115 Å². The predicted molar refractivity (Wildman–Crippen MR) is 82.4 cm³/mol. The van der Waals surface area contributed by atoms with E-state index < -0.39 is 22.3 Å². The number of carbonyl (C=O) groups is 1. The van der Waals surface area contributed by atoms with Crippen LogP contribution in [0.5, 0.6) is 0 Å². The summed E-state index contributed by atoms with van der Waals surface area (Å²) < 4.78 is 13.5. The van der Waals surface area contributed by atoms with Crippen LogP contribution >= 0.6 is 12.4 Å². The Labute approximate surface area is 133 Å². The quantitative estimate of drug-likeness (QED) is 0.495. The second kappa shape index (κ2) is 6.45. The Hall–Kier alpha value is -1.93. The molecule has 1 aromatic carbocycles. The Morgan fingerprint density at radius 3 is 2.68 bits per heavy atom. The molecule has 22 heavy (non-hydrogen) atoms. The van der Waals surface area contributed by atoms with Gasteiger partial charge in [-0.15, -0.1) is 12.4 Å². The average Bonchev–Trinajstić information content (AvgIpc) is 2.83. The van der Waals surface area contributed by atoms with Crippen molar-refractivity contribution in [3.05, 3.63) is 33.6 Å². The Morgan fingerprint density at radius 2 is 2.18 bits per heavy atom. The number of benzene rings is 1. The molecule has 1 aliphatic heterocycles. The van der Waals surface area contributed by atoms with Gasteiger partial charge in [-0.25, -0.2) is 4.39 Å². The van der Waals surface area contributed by atoms with Crippen molar-refractivity contribution in [2.75, 3.05) is 25.4 Å². The highest BCUT2D eigenvalue weighted by Crippen LogP contribution is 2.32. The number of anilines is 1. The largest absolute Gasteiger partial charge is 0.393 e. The molecule has 1 fully saturated rings. The number of nitrogen functional groups attached to an aromatic ring is 1. The lowest BCUT2D eigenvalue weighted by molar-refractivity contribution is -0.384. The van der Waals surface area contributed by atoms with Crippen LogP contribution in [0.25, 0.3) is 0 Å². The van der Waals surface area contributed by atoms with Crippen LogP contribution in [-0.2, 0) is 0 Å². The van der Waals surface area contributed by atoms with E-state index in [1.807, 2.05) is 6.92 Å². The minimum absolute atomic E-state index is 0. The Bertz CT molecular complexity index is 613. The van der Waals surface area contributed by atoms with E-state index in [1.54, 1.807) is 0 Å². The van der Waals surface area contributed by atoms with Gasteiger partial charge in [-0.2, -0.15) is 0 Å². The lowest BCUT2D eigenvalue weighted by atomic mass is 9.90. The number of nitrogens with zero attached hydrogens (tertiary/aromatic N) is 2. The van der Waals surface area contributed by atoms with Gasteiger partial charge in [0.25, 0.3) is 11.6 Å². The number of amides is 1. The first-order chi connectivity index (χ1) is 9.77. The summed E-state index contributed by atoms with van der Waals surface area (Å²) in [7, 11) is 0. The molecule has 4 N–H and O–H groups in total. The van der Waals surface area contributed by atoms with E-state index in [-0.39, 0.29) is 29.1 Å². The molecule has 1 atom stereocenters. The molecule has 122 valence electrons. The number of carbonyl (C=O) groups excluding carboxylic acids is 1. The third-order valence-corrected chi connectivity index (χ3v) is 3.89. The number of nitro groups is 1. The van der Waals surface area contributed by atoms with Crippen molar-refractivity contribution in [3.8, 4) is 0 Å². The van der Waals surface area contributed by atoms with Gasteiger partial charge in [0.15, 0.2) is 0 Å². The van der Waals surface area contributed by atoms with Crippen molar-refractivity contribution in [1.29, 1.82) is 0 Å². The van der Waals surface area contributed by atoms with Gasteiger partial charge >= 0.3 is 0 Å². The van der Waals surface area contributed by atoms with Crippen LogP contribution in [0.3, 0.4) is 0 Å². The summed E-state index contributed by atoms with van der Waals surface area (Å²) in [5, 5.41) is 10.8. The molecule has 0 aliphatic carbocycles. The normalized spacial score (nSPS) is 20.6. The van der Waals surface area contributed by atoms with E-state index in [4.69, 9.17) is 11.5 Å². The van der Waals surface area contributed by atoms with Crippen LogP contribution in [0.4, 0.5) is 15.8 Å². The molecule has 2 rings (SSSR count). The summed E-state index contributed by atoms with van der Waals surface area (Å²) in [6.07, 6.45) is 0.729. The SMILES string of the molecule is CC1(CN)CCN(C(=O)c2cc(F)cc([N+](=O)[O-])c2N)C1.Cl. The van der Waals surface area contributed by atoms with Gasteiger partial charge in [-0.05, 0) is 24.4 Å². The van der Waals surface area contributed by atoms with Gasteiger partial charge in [-0.3, -0.25) is 14.9 Å². The third-order valence-electron chi connectivity index (χ3n) is 3.89. The fraction of sp³-hybridized carbons (Fsp3) is 0.462. The maximum atomic E-state index is 13.5. The summed E-state index contributed by atoms with van der Waals surface area (Å²) in [5.74, 6) is -1.37. The zero-order chi connectivity index (χ0) is 15.8. The van der Waals surface area contributed by atoms with Gasteiger partial charge in [-0.1, -0.05) is 6.92 Å². The van der Waals surface area contributed by atoms with Crippen LogP contribution in [0.1, 0.15) is 23.7 Å². The molecular weight excluding hydrogens is 315 g/mol. The second-order valence-corrected chi connectivity index (χ2v) is 5.63. The van der Waals surface area contributed by atoms with Gasteiger partial charge in [0.2, 0.25) is 0 Å². The van der Waals surface area contributed by atoms with Crippen molar-refractivity contribution in [1.82, 2.24) is 4.90 Å². The molecule has 7 nitrogen and oxygen atoms in total. The minimum Gasteiger partial charge on any atom is -0.393 e. The van der Waals surface area contributed by atoms with E-state index in [0.29, 0.717) is 25.7 Å². The molecule has 0 aromatic heterocycles. The van der Waals surface area contributed by atoms with E-state index in [2.05, 4.69) is 0 Å². The molecule has 1 aromatic rings. The first kappa shape index (κ1) is 18.1. The fourth-order valence-electron chi connectivity index (χ4n) is 2.47. The van der Waals surface area contributed by atoms with Crippen LogP contribution in [-0.4, -0.2) is 35.4 Å². The maximum Gasteiger partial charge on any atom is 0.295 e. The first-order valence-electron chi connectivity index (χ1n) is 6.50. The first-order valence-corrected chi connectivity index (χ1v) is 6.50. The molecule has 1 amide bonds. The number of rotatable bonds is 3. The number of nitrogens with two attached hydrogens (primary N) is 2. The standard InChI is InChI=1S/C13H17FN4O3.ClH/c1-13(6-15)2-3-17(7-13)12(19)9-4-8(14)5-10(11(9)16)18(20)21;/h4-5H,2-3,6-7,15-16H2,1H3;1H. The molecule has 9 heteroatoms. The van der Waals surface area contributed by atoms with Crippen molar-refractivity contribution in [3.63, 3.8) is 0 Å². The number of likely N-dealkylation sites (tertiary alicyclic amines) is 1. The lowest BCUT2D eigenvalue weighted by Crippen LogP contribution is -2.34. The van der Waals surface area contributed by atoms with Crippen LogP contribution < -0.4 is 11.5 Å². The van der Waals surface area contributed by atoms with E-state index >= 15 is 0 Å². The lowest BCUT2D eigenvalue weighted by Gasteiger charge is -2.23. The zero-order valence-corrected chi connectivity index (χ0v) is 12.9. The number of hydrogen-bond donors (Lipinski definition) is 2. The zero-order valence-electron chi connectivity index (χ0n) is 12.0. The van der Waals surface area contributed by atoms with Gasteiger partial charge in [0.1, 0.15) is 11.5 Å². The molecule has 0 bridgehead atoms. The summed E-state index contributed by atoms with van der Waals surface area (Å²) in [6, 6.07) is 1.64. The smallest absolute Gasteiger partial charge is 0.295 e. The number of nitro benzene ring substituents is 1. The molecule has 1 saturated heterocycles. The number of hydrogen-bond acceptors (Lipinski definition) is 5. The average molecular weight is 333 g/mol. The molecule has 0 radical (unpaired) electrons. The molecule has 0 saturated carbocycles. The maximum absolute atomic E-state index is 13.5. The summed E-state index contributed by atoms with van der Waals surface area (Å²) in [4.78, 5) is 24.0. The van der Waals surface area contributed by atoms with E-state index in [9.17, 15) is 19.3 Å². The predicted octanol–water partition coefficient (Wildman–Crippen LogP) is 1.55. The van der Waals surface area contributed by atoms with Gasteiger partial charge < -0.3 is 16.4 Å². The van der Waals surface area contributed by atoms with Crippen LogP contribution in [0, 0.1) is 21.3 Å². The fourth-order valence-corrected chi connectivity index (χ4v) is 2.47. The van der Waals surface area contributed by atoms with Crippen LogP contribution in [0.2, 0.25) is 0 Å². The summed E-state index contributed by atoms with van der Waals surface area (Å²) >= 11 is 0. The molecular formula is C13H18ClFN4O3. The van der Waals surface area contributed by atoms with Crippen molar-refractivity contribution >= 4 is 29.7 Å². The van der Waals surface area contributed by atoms with Crippen molar-refractivity contribution < 1.29 is 14.1 Å². The Morgan fingerprint density at radius 1 is 1.55 bits per heavy atom. The third kappa shape index (κ3) is 3.28. The Kier molecular flexibility index (Phi) is 5.31. The Balaban J connectivity index is 0.00000242. The van der Waals surface area contributed by atoms with Crippen molar-refractivity contribution in [2.24, 2.45) is 11.1 Å². The summed E-state index contributed by atoms with van der Waals surface area (Å²) in [5.41, 5.74) is 10.0. The van der Waals surface area contributed by atoms with Gasteiger partial charge in [0.05, 0.1) is 16.6 Å². The molecule has 1 aliphatic rings.